The summed E-state index contributed by atoms with van der Waals surface area (Å²) in [5.41, 5.74) is 0. The van der Waals surface area contributed by atoms with Gasteiger partial charge in [-0.3, -0.25) is 4.79 Å². The Kier molecular flexibility index (Phi) is 5.43. The summed E-state index contributed by atoms with van der Waals surface area (Å²) in [5.74, 6) is -1.31. The molecule has 0 aromatic carbocycles. The molecule has 0 radical (unpaired) electrons. The Bertz CT molecular complexity index is 347. The van der Waals surface area contributed by atoms with E-state index in [1.165, 1.54) is 0 Å². The first kappa shape index (κ1) is 14.3. The van der Waals surface area contributed by atoms with E-state index in [2.05, 4.69) is 5.32 Å². The number of hydrogen-bond acceptors (Lipinski definition) is 3. The molecule has 2 N–H and O–H groups in total. The maximum atomic E-state index is 11.8. The number of nitrogens with zero attached hydrogens (tertiary/aromatic N) is 2. The lowest BCUT2D eigenvalue weighted by atomic mass is 10.1. The third-order valence-corrected chi connectivity index (χ3v) is 2.99. The zero-order valence-electron chi connectivity index (χ0n) is 10.6. The third-order valence-electron chi connectivity index (χ3n) is 2.99. The predicted molar refractivity (Wildman–Crippen MR) is 64.8 cm³/mol. The van der Waals surface area contributed by atoms with Gasteiger partial charge in [0.2, 0.25) is 0 Å². The second kappa shape index (κ2) is 6.84. The Morgan fingerprint density at radius 3 is 2.72 bits per heavy atom. The number of aliphatic carboxylic acids is 1. The van der Waals surface area contributed by atoms with Gasteiger partial charge in [-0.1, -0.05) is 6.92 Å². The summed E-state index contributed by atoms with van der Waals surface area (Å²) in [7, 11) is 0. The first-order valence-corrected chi connectivity index (χ1v) is 6.20. The van der Waals surface area contributed by atoms with Gasteiger partial charge in [-0.15, -0.1) is 0 Å². The fourth-order valence-electron chi connectivity index (χ4n) is 1.63. The molecule has 18 heavy (non-hydrogen) atoms. The molecule has 100 valence electrons. The highest BCUT2D eigenvalue weighted by Crippen LogP contribution is 2.26. The molecule has 1 atom stereocenters. The van der Waals surface area contributed by atoms with Gasteiger partial charge in [-0.2, -0.15) is 5.26 Å². The SMILES string of the molecule is CC(CCNC(=O)N(CCC#N)C1CC1)C(=O)O. The highest BCUT2D eigenvalue weighted by atomic mass is 16.4. The highest BCUT2D eigenvalue weighted by Gasteiger charge is 2.32. The number of carboxylic acids is 1. The normalized spacial score (nSPS) is 15.6. The number of urea groups is 1. The van der Waals surface area contributed by atoms with Crippen LogP contribution < -0.4 is 5.32 Å². The second-order valence-corrected chi connectivity index (χ2v) is 4.59. The molecule has 1 fully saturated rings. The molecule has 2 amide bonds. The maximum absolute atomic E-state index is 11.8. The zero-order chi connectivity index (χ0) is 13.5. The summed E-state index contributed by atoms with van der Waals surface area (Å²) in [5, 5.41) is 20.0. The van der Waals surface area contributed by atoms with Crippen LogP contribution in [0.3, 0.4) is 0 Å². The number of rotatable bonds is 7. The van der Waals surface area contributed by atoms with Gasteiger partial charge < -0.3 is 15.3 Å². The van der Waals surface area contributed by atoms with Gasteiger partial charge in [-0.25, -0.2) is 4.79 Å². The molecular formula is C12H19N3O3. The zero-order valence-corrected chi connectivity index (χ0v) is 10.6. The van der Waals surface area contributed by atoms with Crippen LogP contribution in [0.4, 0.5) is 4.79 Å². The molecule has 1 rings (SSSR count). The molecular weight excluding hydrogens is 234 g/mol. The Morgan fingerprint density at radius 2 is 2.22 bits per heavy atom. The van der Waals surface area contributed by atoms with Crippen LogP contribution in [-0.2, 0) is 4.79 Å². The lowest BCUT2D eigenvalue weighted by molar-refractivity contribution is -0.141. The topological polar surface area (TPSA) is 93.4 Å². The summed E-state index contributed by atoms with van der Waals surface area (Å²) in [6.45, 7) is 2.41. The smallest absolute Gasteiger partial charge is 0.317 e. The number of carbonyl (C=O) groups excluding carboxylic acids is 1. The van der Waals surface area contributed by atoms with Crippen LogP contribution in [0.15, 0.2) is 0 Å². The molecule has 1 aliphatic carbocycles. The van der Waals surface area contributed by atoms with E-state index >= 15 is 0 Å². The molecule has 0 heterocycles. The molecule has 0 aromatic heterocycles. The molecule has 1 saturated carbocycles. The van der Waals surface area contributed by atoms with Gasteiger partial charge in [0.25, 0.3) is 0 Å². The fourth-order valence-corrected chi connectivity index (χ4v) is 1.63. The average molecular weight is 253 g/mol. The van der Waals surface area contributed by atoms with Crippen LogP contribution in [0, 0.1) is 17.2 Å². The Labute approximate surface area is 107 Å². The van der Waals surface area contributed by atoms with E-state index in [0.717, 1.165) is 12.8 Å². The average Bonchev–Trinajstić information content (AvgIpc) is 3.13. The molecule has 0 aliphatic heterocycles. The van der Waals surface area contributed by atoms with Crippen molar-refractivity contribution in [1.29, 1.82) is 5.26 Å². The van der Waals surface area contributed by atoms with Crippen molar-refractivity contribution in [2.45, 2.75) is 38.6 Å². The summed E-state index contributed by atoms with van der Waals surface area (Å²) in [6.07, 6.45) is 2.72. The number of carbonyl (C=O) groups is 2. The standard InChI is InChI=1S/C12H19N3O3/c1-9(11(16)17)5-7-14-12(18)15(8-2-6-13)10-3-4-10/h9-10H,2-5,7-8H2,1H3,(H,14,18)(H,16,17). The lowest BCUT2D eigenvalue weighted by Gasteiger charge is -2.21. The van der Waals surface area contributed by atoms with Gasteiger partial charge >= 0.3 is 12.0 Å². The van der Waals surface area contributed by atoms with Gasteiger partial charge in [0, 0.05) is 19.1 Å². The number of hydrogen-bond donors (Lipinski definition) is 2. The van der Waals surface area contributed by atoms with Crippen molar-refractivity contribution in [3.63, 3.8) is 0 Å². The van der Waals surface area contributed by atoms with E-state index in [1.54, 1.807) is 11.8 Å². The molecule has 1 aliphatic rings. The van der Waals surface area contributed by atoms with Crippen molar-refractivity contribution in [3.8, 4) is 6.07 Å². The Hall–Kier alpha value is -1.77. The molecule has 6 nitrogen and oxygen atoms in total. The summed E-state index contributed by atoms with van der Waals surface area (Å²) < 4.78 is 0. The Balaban J connectivity index is 2.29. The first-order valence-electron chi connectivity index (χ1n) is 6.20. The minimum absolute atomic E-state index is 0.190. The Morgan fingerprint density at radius 1 is 1.56 bits per heavy atom. The third kappa shape index (κ3) is 4.62. The first-order chi connectivity index (χ1) is 8.56. The van der Waals surface area contributed by atoms with E-state index in [1.807, 2.05) is 6.07 Å². The van der Waals surface area contributed by atoms with Crippen molar-refractivity contribution in [3.05, 3.63) is 0 Å². The molecule has 6 heteroatoms. The minimum atomic E-state index is -0.854. The van der Waals surface area contributed by atoms with Crippen molar-refractivity contribution >= 4 is 12.0 Å². The van der Waals surface area contributed by atoms with E-state index < -0.39 is 11.9 Å². The largest absolute Gasteiger partial charge is 0.481 e. The molecule has 0 bridgehead atoms. The van der Waals surface area contributed by atoms with Crippen molar-refractivity contribution in [2.75, 3.05) is 13.1 Å². The lowest BCUT2D eigenvalue weighted by Crippen LogP contribution is -2.42. The van der Waals surface area contributed by atoms with Gasteiger partial charge in [0.1, 0.15) is 0 Å². The fraction of sp³-hybridized carbons (Fsp3) is 0.750. The molecule has 0 spiro atoms. The van der Waals surface area contributed by atoms with Crippen molar-refractivity contribution in [2.24, 2.45) is 5.92 Å². The van der Waals surface area contributed by atoms with Gasteiger partial charge in [-0.05, 0) is 19.3 Å². The summed E-state index contributed by atoms with van der Waals surface area (Å²) in [4.78, 5) is 24.1. The van der Waals surface area contributed by atoms with E-state index in [-0.39, 0.29) is 12.1 Å². The predicted octanol–water partition coefficient (Wildman–Crippen LogP) is 1.18. The van der Waals surface area contributed by atoms with Crippen LogP contribution in [0.2, 0.25) is 0 Å². The van der Waals surface area contributed by atoms with Crippen LogP contribution in [0.1, 0.15) is 32.6 Å². The number of amides is 2. The van der Waals surface area contributed by atoms with Crippen molar-refractivity contribution < 1.29 is 14.7 Å². The van der Waals surface area contributed by atoms with E-state index in [9.17, 15) is 9.59 Å². The van der Waals surface area contributed by atoms with Crippen LogP contribution in [-0.4, -0.2) is 41.1 Å². The summed E-state index contributed by atoms with van der Waals surface area (Å²) in [6, 6.07) is 2.10. The quantitative estimate of drug-likeness (QED) is 0.712. The van der Waals surface area contributed by atoms with Crippen molar-refractivity contribution in [1.82, 2.24) is 10.2 Å². The molecule has 0 saturated heterocycles. The minimum Gasteiger partial charge on any atom is -0.481 e. The number of carboxylic acid groups (broad SMARTS) is 1. The number of nitrogens with one attached hydrogen (secondary N) is 1. The van der Waals surface area contributed by atoms with Crippen LogP contribution in [0.25, 0.3) is 0 Å². The monoisotopic (exact) mass is 253 g/mol. The highest BCUT2D eigenvalue weighted by molar-refractivity contribution is 5.75. The van der Waals surface area contributed by atoms with Crippen LogP contribution in [0.5, 0.6) is 0 Å². The second-order valence-electron chi connectivity index (χ2n) is 4.59. The van der Waals surface area contributed by atoms with E-state index in [0.29, 0.717) is 25.9 Å². The number of nitriles is 1. The summed E-state index contributed by atoms with van der Waals surface area (Å²) >= 11 is 0. The molecule has 0 aromatic rings. The molecule has 1 unspecified atom stereocenters. The van der Waals surface area contributed by atoms with Gasteiger partial charge in [0.15, 0.2) is 0 Å². The van der Waals surface area contributed by atoms with Gasteiger partial charge in [0.05, 0.1) is 18.4 Å². The van der Waals surface area contributed by atoms with E-state index in [4.69, 9.17) is 10.4 Å². The van der Waals surface area contributed by atoms with Crippen LogP contribution >= 0.6 is 0 Å². The maximum Gasteiger partial charge on any atom is 0.317 e.